The first kappa shape index (κ1) is 21.7. The van der Waals surface area contributed by atoms with Gasteiger partial charge < -0.3 is 15.0 Å². The lowest BCUT2D eigenvalue weighted by Gasteiger charge is -2.41. The molecule has 32 heavy (non-hydrogen) atoms. The zero-order valence-corrected chi connectivity index (χ0v) is 17.8. The van der Waals surface area contributed by atoms with Gasteiger partial charge in [-0.05, 0) is 23.3 Å². The van der Waals surface area contributed by atoms with Crippen molar-refractivity contribution in [2.24, 2.45) is 0 Å². The topological polar surface area (TPSA) is 58.6 Å². The van der Waals surface area contributed by atoms with Crippen LogP contribution in [0.25, 0.3) is 0 Å². The number of benzene rings is 3. The van der Waals surface area contributed by atoms with Gasteiger partial charge in [-0.15, -0.1) is 0 Å². The summed E-state index contributed by atoms with van der Waals surface area (Å²) in [4.78, 5) is 28.6. The van der Waals surface area contributed by atoms with Crippen LogP contribution in [0.3, 0.4) is 0 Å². The van der Waals surface area contributed by atoms with E-state index in [0.29, 0.717) is 29.8 Å². The number of amides is 2. The summed E-state index contributed by atoms with van der Waals surface area (Å²) >= 11 is 0. The molecule has 1 aliphatic heterocycles. The SMILES string of the molecule is COCCN1C(=O)c2ccccc2[C@H](C(=O)NCc2ccccc2F)[C@@H]1c1ccccc1. The molecule has 5 nitrogen and oxygen atoms in total. The molecule has 2 atom stereocenters. The van der Waals surface area contributed by atoms with E-state index in [1.54, 1.807) is 42.3 Å². The average molecular weight is 432 g/mol. The molecule has 1 aliphatic rings. The fraction of sp³-hybridized carbons (Fsp3) is 0.231. The molecule has 1 N–H and O–H groups in total. The Labute approximate surface area is 186 Å². The number of rotatable bonds is 7. The van der Waals surface area contributed by atoms with E-state index in [1.807, 2.05) is 42.5 Å². The van der Waals surface area contributed by atoms with Crippen LogP contribution in [0.15, 0.2) is 78.9 Å². The van der Waals surface area contributed by atoms with Gasteiger partial charge in [-0.1, -0.05) is 66.7 Å². The maximum Gasteiger partial charge on any atom is 0.254 e. The summed E-state index contributed by atoms with van der Waals surface area (Å²) in [5.41, 5.74) is 2.44. The summed E-state index contributed by atoms with van der Waals surface area (Å²) in [7, 11) is 1.58. The van der Waals surface area contributed by atoms with Gasteiger partial charge in [0.15, 0.2) is 0 Å². The summed E-state index contributed by atoms with van der Waals surface area (Å²) in [6.45, 7) is 0.763. The second-order valence-electron chi connectivity index (χ2n) is 7.72. The molecule has 0 radical (unpaired) electrons. The molecule has 2 amide bonds. The van der Waals surface area contributed by atoms with E-state index >= 15 is 0 Å². The number of nitrogens with one attached hydrogen (secondary N) is 1. The fourth-order valence-electron chi connectivity index (χ4n) is 4.27. The Bertz CT molecular complexity index is 1100. The monoisotopic (exact) mass is 432 g/mol. The molecule has 164 valence electrons. The van der Waals surface area contributed by atoms with E-state index in [-0.39, 0.29) is 24.2 Å². The first-order valence-corrected chi connectivity index (χ1v) is 10.6. The Balaban J connectivity index is 1.74. The van der Waals surface area contributed by atoms with E-state index in [1.165, 1.54) is 6.07 Å². The van der Waals surface area contributed by atoms with Crippen LogP contribution in [0.4, 0.5) is 4.39 Å². The minimum atomic E-state index is -0.644. The number of hydrogen-bond donors (Lipinski definition) is 1. The molecule has 0 fully saturated rings. The van der Waals surface area contributed by atoms with Crippen molar-refractivity contribution in [2.75, 3.05) is 20.3 Å². The van der Waals surface area contributed by atoms with Crippen LogP contribution < -0.4 is 5.32 Å². The van der Waals surface area contributed by atoms with Crippen molar-refractivity contribution in [3.63, 3.8) is 0 Å². The summed E-state index contributed by atoms with van der Waals surface area (Å²) in [6.07, 6.45) is 0. The summed E-state index contributed by atoms with van der Waals surface area (Å²) in [5.74, 6) is -1.41. The molecule has 0 bridgehead atoms. The Hall–Kier alpha value is -3.51. The molecule has 0 aliphatic carbocycles. The van der Waals surface area contributed by atoms with Crippen LogP contribution in [0.1, 0.15) is 39.0 Å². The standard InChI is InChI=1S/C26H25FN2O3/c1-32-16-15-29-24(18-9-3-2-4-10-18)23(20-12-6-7-13-21(20)26(29)31)25(30)28-17-19-11-5-8-14-22(19)27/h2-14,23-24H,15-17H2,1H3,(H,28,30)/t23-,24-/m0/s1. The highest BCUT2D eigenvalue weighted by Gasteiger charge is 2.43. The largest absolute Gasteiger partial charge is 0.383 e. The second kappa shape index (κ2) is 9.75. The van der Waals surface area contributed by atoms with Crippen LogP contribution in [-0.2, 0) is 16.1 Å². The van der Waals surface area contributed by atoms with Crippen LogP contribution in [-0.4, -0.2) is 37.0 Å². The molecule has 0 spiro atoms. The van der Waals surface area contributed by atoms with E-state index in [2.05, 4.69) is 5.32 Å². The van der Waals surface area contributed by atoms with Crippen molar-refractivity contribution in [1.82, 2.24) is 10.2 Å². The molecule has 3 aromatic carbocycles. The highest BCUT2D eigenvalue weighted by molar-refractivity contribution is 6.01. The highest BCUT2D eigenvalue weighted by atomic mass is 19.1. The zero-order chi connectivity index (χ0) is 22.5. The average Bonchev–Trinajstić information content (AvgIpc) is 2.83. The summed E-state index contributed by atoms with van der Waals surface area (Å²) < 4.78 is 19.3. The Morgan fingerprint density at radius 3 is 2.44 bits per heavy atom. The highest BCUT2D eigenvalue weighted by Crippen LogP contribution is 2.42. The molecule has 4 rings (SSSR count). The lowest BCUT2D eigenvalue weighted by Crippen LogP contribution is -2.48. The Kier molecular flexibility index (Phi) is 6.61. The number of halogens is 1. The second-order valence-corrected chi connectivity index (χ2v) is 7.72. The van der Waals surface area contributed by atoms with Crippen molar-refractivity contribution in [2.45, 2.75) is 18.5 Å². The van der Waals surface area contributed by atoms with Crippen LogP contribution >= 0.6 is 0 Å². The predicted molar refractivity (Wildman–Crippen MR) is 120 cm³/mol. The van der Waals surface area contributed by atoms with Crippen LogP contribution in [0, 0.1) is 5.82 Å². The number of nitrogens with zero attached hydrogens (tertiary/aromatic N) is 1. The van der Waals surface area contributed by atoms with E-state index in [9.17, 15) is 14.0 Å². The van der Waals surface area contributed by atoms with E-state index in [4.69, 9.17) is 4.74 Å². The van der Waals surface area contributed by atoms with Gasteiger partial charge in [-0.2, -0.15) is 0 Å². The van der Waals surface area contributed by atoms with Crippen molar-refractivity contribution >= 4 is 11.8 Å². The van der Waals surface area contributed by atoms with Crippen LogP contribution in [0.2, 0.25) is 0 Å². The van der Waals surface area contributed by atoms with Gasteiger partial charge >= 0.3 is 0 Å². The predicted octanol–water partition coefficient (Wildman–Crippen LogP) is 4.07. The van der Waals surface area contributed by atoms with Gasteiger partial charge in [-0.3, -0.25) is 9.59 Å². The Morgan fingerprint density at radius 1 is 1.00 bits per heavy atom. The molecule has 3 aromatic rings. The first-order valence-electron chi connectivity index (χ1n) is 10.6. The number of fused-ring (bicyclic) bond motifs is 1. The molecule has 0 aromatic heterocycles. The van der Waals surface area contributed by atoms with E-state index < -0.39 is 12.0 Å². The third-order valence-electron chi connectivity index (χ3n) is 5.81. The molecule has 0 unspecified atom stereocenters. The molecule has 0 saturated heterocycles. The van der Waals surface area contributed by atoms with Crippen molar-refractivity contribution in [3.05, 3.63) is 107 Å². The number of carbonyl (C=O) groups excluding carboxylic acids is 2. The first-order chi connectivity index (χ1) is 15.6. The lowest BCUT2D eigenvalue weighted by molar-refractivity contribution is -0.124. The lowest BCUT2D eigenvalue weighted by atomic mass is 9.79. The van der Waals surface area contributed by atoms with Crippen molar-refractivity contribution < 1.29 is 18.7 Å². The molecular weight excluding hydrogens is 407 g/mol. The molecule has 1 heterocycles. The fourth-order valence-corrected chi connectivity index (χ4v) is 4.27. The van der Waals surface area contributed by atoms with Crippen molar-refractivity contribution in [1.29, 1.82) is 0 Å². The van der Waals surface area contributed by atoms with Gasteiger partial charge in [0.25, 0.3) is 5.91 Å². The summed E-state index contributed by atoms with van der Waals surface area (Å²) in [5, 5.41) is 2.89. The minimum absolute atomic E-state index is 0.0672. The van der Waals surface area contributed by atoms with E-state index in [0.717, 1.165) is 5.56 Å². The number of hydrogen-bond acceptors (Lipinski definition) is 3. The number of ether oxygens (including phenoxy) is 1. The third kappa shape index (κ3) is 4.27. The molecular formula is C26H25FN2O3. The smallest absolute Gasteiger partial charge is 0.254 e. The number of methoxy groups -OCH3 is 1. The summed E-state index contributed by atoms with van der Waals surface area (Å²) in [6, 6.07) is 22.6. The quantitative estimate of drug-likeness (QED) is 0.612. The molecule has 6 heteroatoms. The number of carbonyl (C=O) groups is 2. The van der Waals surface area contributed by atoms with Gasteiger partial charge in [0.05, 0.1) is 18.6 Å². The maximum absolute atomic E-state index is 14.1. The minimum Gasteiger partial charge on any atom is -0.383 e. The maximum atomic E-state index is 14.1. The molecule has 0 saturated carbocycles. The third-order valence-corrected chi connectivity index (χ3v) is 5.81. The normalized spacial score (nSPS) is 17.7. The van der Waals surface area contributed by atoms with Gasteiger partial charge in [-0.25, -0.2) is 4.39 Å². The van der Waals surface area contributed by atoms with Gasteiger partial charge in [0, 0.05) is 31.3 Å². The zero-order valence-electron chi connectivity index (χ0n) is 17.8. The Morgan fingerprint density at radius 2 is 1.69 bits per heavy atom. The van der Waals surface area contributed by atoms with Crippen LogP contribution in [0.5, 0.6) is 0 Å². The van der Waals surface area contributed by atoms with Gasteiger partial charge in [0.1, 0.15) is 5.82 Å². The van der Waals surface area contributed by atoms with Crippen molar-refractivity contribution in [3.8, 4) is 0 Å². The van der Waals surface area contributed by atoms with Gasteiger partial charge in [0.2, 0.25) is 5.91 Å².